The van der Waals surface area contributed by atoms with Gasteiger partial charge in [0.25, 0.3) is 5.91 Å². The van der Waals surface area contributed by atoms with Crippen molar-refractivity contribution < 1.29 is 34.8 Å². The summed E-state index contributed by atoms with van der Waals surface area (Å²) in [5.74, 6) is -6.33. The van der Waals surface area contributed by atoms with Gasteiger partial charge in [-0.2, -0.15) is 0 Å². The molecule has 5 rings (SSSR count). The molecule has 0 bridgehead atoms. The number of aliphatic hydroxyl groups excluding tert-OH is 2. The molecule has 3 aliphatic carbocycles. The van der Waals surface area contributed by atoms with E-state index in [1.165, 1.54) is 0 Å². The van der Waals surface area contributed by atoms with Crippen molar-refractivity contribution in [2.45, 2.75) is 30.9 Å². The molecular formula is C25H28N4O7. The SMILES string of the molecule is CN(C)c1cc(C2CN=CN2C)c(O)c2c1C[C@H]1C[C@H]3CC(=O)C(C(N)=O)=C(O)[C@@]3(O)C(=O)C1=C2O. The Morgan fingerprint density at radius 2 is 1.92 bits per heavy atom. The lowest BCUT2D eigenvalue weighted by atomic mass is 9.59. The number of carbonyl (C=O) groups is 3. The minimum atomic E-state index is -2.58. The number of primary amides is 1. The monoisotopic (exact) mass is 496 g/mol. The Hall–Kier alpha value is -3.86. The molecule has 4 atom stereocenters. The maximum atomic E-state index is 13.7. The Kier molecular flexibility index (Phi) is 5.18. The van der Waals surface area contributed by atoms with Gasteiger partial charge in [0.1, 0.15) is 22.8 Å². The van der Waals surface area contributed by atoms with E-state index in [4.69, 9.17) is 5.73 Å². The van der Waals surface area contributed by atoms with Crippen LogP contribution in [0.25, 0.3) is 5.76 Å². The topological polar surface area (TPSA) is 177 Å². The van der Waals surface area contributed by atoms with Crippen molar-refractivity contribution in [2.75, 3.05) is 32.6 Å². The van der Waals surface area contributed by atoms with Crippen LogP contribution in [0.4, 0.5) is 5.69 Å². The highest BCUT2D eigenvalue weighted by Gasteiger charge is 2.60. The standard InChI is InChI=1S/C25H28N4O7/c1-28(2)14-7-13(15-8-27-9-29(15)3)20(31)18-12(14)5-10-4-11-6-16(30)19(24(26)35)23(34)25(11,36)22(33)17(10)21(18)32/h7,9-11,15,31-32,34,36H,4-6,8H2,1-3H3,(H2,26,35)/t10-,11+,15?,25+/m1/s1. The predicted octanol–water partition coefficient (Wildman–Crippen LogP) is 0.505. The van der Waals surface area contributed by atoms with E-state index in [1.54, 1.807) is 6.34 Å². The second kappa shape index (κ2) is 7.82. The zero-order valence-corrected chi connectivity index (χ0v) is 20.1. The fraction of sp³-hybridized carbons (Fsp3) is 0.440. The van der Waals surface area contributed by atoms with Gasteiger partial charge in [-0.1, -0.05) is 0 Å². The Balaban J connectivity index is 1.72. The Bertz CT molecular complexity index is 1330. The van der Waals surface area contributed by atoms with Gasteiger partial charge in [-0.15, -0.1) is 0 Å². The minimum Gasteiger partial charge on any atom is -0.508 e. The van der Waals surface area contributed by atoms with Crippen molar-refractivity contribution in [3.05, 3.63) is 39.7 Å². The Morgan fingerprint density at radius 1 is 1.22 bits per heavy atom. The molecule has 1 heterocycles. The molecule has 0 saturated heterocycles. The molecule has 1 saturated carbocycles. The average Bonchev–Trinajstić information content (AvgIpc) is 3.21. The molecule has 1 fully saturated rings. The van der Waals surface area contributed by atoms with Gasteiger partial charge in [-0.25, -0.2) is 0 Å². The highest BCUT2D eigenvalue weighted by Crippen LogP contribution is 2.54. The molecule has 11 heteroatoms. The fourth-order valence-corrected chi connectivity index (χ4v) is 6.15. The average molecular weight is 497 g/mol. The van der Waals surface area contributed by atoms with E-state index in [0.29, 0.717) is 17.7 Å². The van der Waals surface area contributed by atoms with Gasteiger partial charge in [0.05, 0.1) is 24.5 Å². The highest BCUT2D eigenvalue weighted by molar-refractivity contribution is 6.22. The van der Waals surface area contributed by atoms with E-state index in [0.717, 1.165) is 5.69 Å². The van der Waals surface area contributed by atoms with Crippen molar-refractivity contribution in [1.82, 2.24) is 4.90 Å². The molecule has 1 aromatic rings. The maximum Gasteiger partial charge on any atom is 0.255 e. The van der Waals surface area contributed by atoms with Crippen molar-refractivity contribution in [2.24, 2.45) is 22.6 Å². The molecule has 1 aliphatic heterocycles. The normalized spacial score (nSPS) is 29.3. The van der Waals surface area contributed by atoms with Crippen LogP contribution in [-0.2, 0) is 20.8 Å². The Morgan fingerprint density at radius 3 is 2.50 bits per heavy atom. The summed E-state index contributed by atoms with van der Waals surface area (Å²) in [6.45, 7) is 0.401. The summed E-state index contributed by atoms with van der Waals surface area (Å²) < 4.78 is 0. The summed E-state index contributed by atoms with van der Waals surface area (Å²) in [5.41, 5.74) is 3.68. The van der Waals surface area contributed by atoms with Gasteiger partial charge in [-0.05, 0) is 30.4 Å². The molecule has 190 valence electrons. The Labute approximate surface area is 206 Å². The fourth-order valence-electron chi connectivity index (χ4n) is 6.15. The lowest BCUT2D eigenvalue weighted by Gasteiger charge is -2.46. The number of Topliss-reactive ketones (excluding diaryl/α,β-unsaturated/α-hetero) is 2. The molecule has 1 unspecified atom stereocenters. The van der Waals surface area contributed by atoms with E-state index in [-0.39, 0.29) is 42.2 Å². The third-order valence-corrected chi connectivity index (χ3v) is 7.94. The van der Waals surface area contributed by atoms with Crippen LogP contribution in [0.2, 0.25) is 0 Å². The molecule has 0 aromatic heterocycles. The predicted molar refractivity (Wildman–Crippen MR) is 130 cm³/mol. The molecular weight excluding hydrogens is 468 g/mol. The van der Waals surface area contributed by atoms with Crippen LogP contribution in [0.5, 0.6) is 5.75 Å². The van der Waals surface area contributed by atoms with Gasteiger partial charge in [-0.3, -0.25) is 19.4 Å². The van der Waals surface area contributed by atoms with Crippen LogP contribution in [0.1, 0.15) is 35.6 Å². The number of hydrogen-bond acceptors (Lipinski definition) is 10. The zero-order chi connectivity index (χ0) is 26.3. The van der Waals surface area contributed by atoms with Gasteiger partial charge in [0.2, 0.25) is 5.78 Å². The van der Waals surface area contributed by atoms with Crippen LogP contribution in [0.3, 0.4) is 0 Å². The van der Waals surface area contributed by atoms with Crippen molar-refractivity contribution in [3.8, 4) is 5.75 Å². The van der Waals surface area contributed by atoms with Crippen LogP contribution in [0, 0.1) is 11.8 Å². The van der Waals surface area contributed by atoms with Gasteiger partial charge in [0.15, 0.2) is 11.4 Å². The van der Waals surface area contributed by atoms with Crippen LogP contribution in [-0.4, -0.2) is 82.4 Å². The second-order valence-electron chi connectivity index (χ2n) is 10.2. The van der Waals surface area contributed by atoms with Gasteiger partial charge < -0.3 is 36.0 Å². The quantitative estimate of drug-likeness (QED) is 0.373. The number of fused-ring (bicyclic) bond motifs is 3. The number of aliphatic hydroxyl groups is 3. The molecule has 0 spiro atoms. The first-order valence-electron chi connectivity index (χ1n) is 11.6. The summed E-state index contributed by atoms with van der Waals surface area (Å²) in [4.78, 5) is 45.9. The number of ketones is 2. The number of benzene rings is 1. The molecule has 6 N–H and O–H groups in total. The van der Waals surface area contributed by atoms with Crippen molar-refractivity contribution in [1.29, 1.82) is 0 Å². The zero-order valence-electron chi connectivity index (χ0n) is 20.1. The third-order valence-electron chi connectivity index (χ3n) is 7.94. The number of nitrogens with two attached hydrogens (primary N) is 1. The van der Waals surface area contributed by atoms with Crippen LogP contribution < -0.4 is 10.6 Å². The summed E-state index contributed by atoms with van der Waals surface area (Å²) in [6.07, 6.45) is 1.66. The molecule has 1 amide bonds. The van der Waals surface area contributed by atoms with E-state index >= 15 is 0 Å². The van der Waals surface area contributed by atoms with E-state index in [9.17, 15) is 34.8 Å². The van der Waals surface area contributed by atoms with E-state index in [1.807, 2.05) is 37.0 Å². The summed E-state index contributed by atoms with van der Waals surface area (Å²) in [5, 5.41) is 44.9. The molecule has 1 aromatic carbocycles. The van der Waals surface area contributed by atoms with Crippen LogP contribution in [0.15, 0.2) is 28.0 Å². The first-order chi connectivity index (χ1) is 16.9. The smallest absolute Gasteiger partial charge is 0.255 e. The summed E-state index contributed by atoms with van der Waals surface area (Å²) in [6, 6.07) is 1.57. The number of rotatable bonds is 3. The van der Waals surface area contributed by atoms with Crippen LogP contribution >= 0.6 is 0 Å². The number of aromatic hydroxyl groups is 1. The van der Waals surface area contributed by atoms with E-state index in [2.05, 4.69) is 4.99 Å². The number of nitrogens with zero attached hydrogens (tertiary/aromatic N) is 3. The van der Waals surface area contributed by atoms with Crippen molar-refractivity contribution >= 4 is 35.3 Å². The number of anilines is 1. The minimum absolute atomic E-state index is 0.0867. The number of likely N-dealkylation sites (N-methyl/N-ethyl adjacent to an activating group) is 1. The first-order valence-corrected chi connectivity index (χ1v) is 11.6. The lowest BCUT2D eigenvalue weighted by molar-refractivity contribution is -0.147. The number of carbonyl (C=O) groups excluding carboxylic acids is 3. The number of phenolic OH excluding ortho intramolecular Hbond substituents is 1. The lowest BCUT2D eigenvalue weighted by Crippen LogP contribution is -2.58. The largest absolute Gasteiger partial charge is 0.508 e. The third kappa shape index (κ3) is 3.01. The van der Waals surface area contributed by atoms with Gasteiger partial charge >= 0.3 is 0 Å². The maximum absolute atomic E-state index is 13.7. The number of hydrogen-bond donors (Lipinski definition) is 5. The van der Waals surface area contributed by atoms with E-state index < -0.39 is 52.0 Å². The molecule has 0 radical (unpaired) electrons. The highest BCUT2D eigenvalue weighted by atomic mass is 16.3. The van der Waals surface area contributed by atoms with Gasteiger partial charge in [0, 0.05) is 50.3 Å². The number of amides is 1. The summed E-state index contributed by atoms with van der Waals surface area (Å²) in [7, 11) is 5.49. The number of phenols is 1. The molecule has 36 heavy (non-hydrogen) atoms. The number of aliphatic imine (C=N–C) groups is 1. The van der Waals surface area contributed by atoms with Crippen molar-refractivity contribution in [3.63, 3.8) is 0 Å². The second-order valence-corrected chi connectivity index (χ2v) is 10.2. The molecule has 11 nitrogen and oxygen atoms in total. The summed E-state index contributed by atoms with van der Waals surface area (Å²) >= 11 is 0. The first kappa shape index (κ1) is 23.9. The molecule has 4 aliphatic rings.